The fourth-order valence-corrected chi connectivity index (χ4v) is 2.91. The van der Waals surface area contributed by atoms with Crippen LogP contribution in [0.1, 0.15) is 20.3 Å². The Morgan fingerprint density at radius 3 is 2.00 bits per heavy atom. The van der Waals surface area contributed by atoms with Gasteiger partial charge in [0, 0.05) is 26.4 Å². The van der Waals surface area contributed by atoms with Gasteiger partial charge in [-0.3, -0.25) is 0 Å². The first kappa shape index (κ1) is 13.4. The smallest absolute Gasteiger partial charge is 0.374 e. The molecule has 0 aromatic heterocycles. The maximum Gasteiger partial charge on any atom is 0.497 e. The minimum Gasteiger partial charge on any atom is -0.374 e. The van der Waals surface area contributed by atoms with Crippen molar-refractivity contribution in [1.29, 1.82) is 0 Å². The van der Waals surface area contributed by atoms with Gasteiger partial charge < -0.3 is 13.3 Å². The van der Waals surface area contributed by atoms with E-state index in [9.17, 15) is 0 Å². The van der Waals surface area contributed by atoms with Crippen LogP contribution in [0.3, 0.4) is 0 Å². The first-order valence-electron chi connectivity index (χ1n) is 4.71. The van der Waals surface area contributed by atoms with Crippen LogP contribution < -0.4 is 0 Å². The zero-order valence-corrected chi connectivity index (χ0v) is 10.6. The zero-order valence-electron chi connectivity index (χ0n) is 8.71. The Morgan fingerprint density at radius 2 is 1.62 bits per heavy atom. The summed E-state index contributed by atoms with van der Waals surface area (Å²) in [5.41, 5.74) is 0. The molecule has 0 aliphatic heterocycles. The molecule has 0 amide bonds. The van der Waals surface area contributed by atoms with Gasteiger partial charge in [-0.05, 0) is 26.0 Å². The first-order valence-corrected chi connectivity index (χ1v) is 7.57. The van der Waals surface area contributed by atoms with Crippen molar-refractivity contribution in [3.8, 4) is 0 Å². The molecule has 0 rings (SSSR count). The van der Waals surface area contributed by atoms with Crippen molar-refractivity contribution >= 4 is 21.4 Å². The summed E-state index contributed by atoms with van der Waals surface area (Å²) in [4.78, 5) is 0. The van der Waals surface area contributed by atoms with Crippen LogP contribution >= 0.6 is 12.6 Å². The lowest BCUT2D eigenvalue weighted by Gasteiger charge is -2.24. The molecule has 0 aliphatic carbocycles. The molecule has 0 unspecified atom stereocenters. The molecule has 0 radical (unpaired) electrons. The second-order valence-corrected chi connectivity index (χ2v) is 5.69. The predicted octanol–water partition coefficient (Wildman–Crippen LogP) is 1.96. The van der Waals surface area contributed by atoms with Gasteiger partial charge >= 0.3 is 8.80 Å². The van der Waals surface area contributed by atoms with Crippen LogP contribution in [-0.4, -0.2) is 34.4 Å². The molecule has 0 bridgehead atoms. The quantitative estimate of drug-likeness (QED) is 0.388. The molecule has 0 atom stereocenters. The Balaban J connectivity index is 3.76. The van der Waals surface area contributed by atoms with E-state index in [1.165, 1.54) is 0 Å². The van der Waals surface area contributed by atoms with Crippen LogP contribution in [0.5, 0.6) is 0 Å². The van der Waals surface area contributed by atoms with Gasteiger partial charge in [0.1, 0.15) is 0 Å². The van der Waals surface area contributed by atoms with E-state index in [4.69, 9.17) is 13.3 Å². The highest BCUT2D eigenvalue weighted by Crippen LogP contribution is 2.09. The van der Waals surface area contributed by atoms with Crippen molar-refractivity contribution in [2.75, 3.05) is 25.6 Å². The maximum atomic E-state index is 5.60. The molecule has 0 N–H and O–H groups in total. The van der Waals surface area contributed by atoms with Crippen molar-refractivity contribution in [2.24, 2.45) is 0 Å². The molecule has 0 saturated heterocycles. The molecule has 0 saturated carbocycles. The number of hydrogen-bond acceptors (Lipinski definition) is 4. The van der Waals surface area contributed by atoms with E-state index < -0.39 is 8.80 Å². The van der Waals surface area contributed by atoms with Crippen LogP contribution in [0, 0.1) is 0 Å². The van der Waals surface area contributed by atoms with Crippen molar-refractivity contribution in [3.05, 3.63) is 0 Å². The summed E-state index contributed by atoms with van der Waals surface area (Å²) in [6.45, 7) is 7.79. The standard InChI is InChI=1S/C8H20O3SSi/c1-4-9-13(3,10-5-2)11-7-6-8-12/h12H,4-8H2,1-3H3. The van der Waals surface area contributed by atoms with Crippen LogP contribution in [0.25, 0.3) is 0 Å². The monoisotopic (exact) mass is 224 g/mol. The summed E-state index contributed by atoms with van der Waals surface area (Å²) in [5, 5.41) is 0. The second-order valence-electron chi connectivity index (χ2n) is 2.65. The topological polar surface area (TPSA) is 27.7 Å². The maximum absolute atomic E-state index is 5.60. The third-order valence-corrected chi connectivity index (χ3v) is 4.15. The minimum atomic E-state index is -2.32. The number of hydrogen-bond donors (Lipinski definition) is 1. The molecule has 13 heavy (non-hydrogen) atoms. The van der Waals surface area contributed by atoms with E-state index in [1.54, 1.807) is 0 Å². The average molecular weight is 224 g/mol. The van der Waals surface area contributed by atoms with E-state index in [0.717, 1.165) is 12.2 Å². The Morgan fingerprint density at radius 1 is 1.08 bits per heavy atom. The normalized spacial score (nSPS) is 12.0. The Labute approximate surface area is 87.5 Å². The van der Waals surface area contributed by atoms with Crippen LogP contribution in [0.2, 0.25) is 6.55 Å². The van der Waals surface area contributed by atoms with Gasteiger partial charge in [-0.1, -0.05) is 0 Å². The molecule has 5 heteroatoms. The van der Waals surface area contributed by atoms with Crippen molar-refractivity contribution < 1.29 is 13.3 Å². The molecule has 0 aromatic rings. The largest absolute Gasteiger partial charge is 0.497 e. The highest BCUT2D eigenvalue weighted by atomic mass is 32.1. The molecule has 0 fully saturated rings. The van der Waals surface area contributed by atoms with Crippen LogP contribution in [-0.2, 0) is 13.3 Å². The Kier molecular flexibility index (Phi) is 8.08. The fraction of sp³-hybridized carbons (Fsp3) is 1.00. The minimum absolute atomic E-state index is 0.642. The molecular weight excluding hydrogens is 204 g/mol. The van der Waals surface area contributed by atoms with Gasteiger partial charge in [-0.25, -0.2) is 0 Å². The molecular formula is C8H20O3SSi. The van der Waals surface area contributed by atoms with Gasteiger partial charge in [-0.2, -0.15) is 12.6 Å². The van der Waals surface area contributed by atoms with Gasteiger partial charge in [-0.15, -0.1) is 0 Å². The molecule has 0 aromatic carbocycles. The van der Waals surface area contributed by atoms with Crippen LogP contribution in [0.15, 0.2) is 0 Å². The molecule has 3 nitrogen and oxygen atoms in total. The van der Waals surface area contributed by atoms with Gasteiger partial charge in [0.05, 0.1) is 0 Å². The molecule has 0 aliphatic rings. The summed E-state index contributed by atoms with van der Waals surface area (Å²) in [6.07, 6.45) is 0.936. The van der Waals surface area contributed by atoms with Crippen molar-refractivity contribution in [3.63, 3.8) is 0 Å². The lowest BCUT2D eigenvalue weighted by atomic mass is 10.5. The number of thiol groups is 1. The third-order valence-electron chi connectivity index (χ3n) is 1.48. The van der Waals surface area contributed by atoms with Gasteiger partial charge in [0.2, 0.25) is 0 Å². The van der Waals surface area contributed by atoms with Crippen LogP contribution in [0.4, 0.5) is 0 Å². The molecule has 0 spiro atoms. The zero-order chi connectivity index (χ0) is 10.2. The second kappa shape index (κ2) is 7.81. The van der Waals surface area contributed by atoms with E-state index >= 15 is 0 Å². The van der Waals surface area contributed by atoms with Gasteiger partial charge in [0.25, 0.3) is 0 Å². The number of rotatable bonds is 8. The fourth-order valence-electron chi connectivity index (χ4n) is 0.971. The summed E-state index contributed by atoms with van der Waals surface area (Å²) >= 11 is 4.11. The lowest BCUT2D eigenvalue weighted by Crippen LogP contribution is -2.42. The summed E-state index contributed by atoms with van der Waals surface area (Å²) in [5.74, 6) is 0.836. The van der Waals surface area contributed by atoms with E-state index in [1.807, 2.05) is 20.4 Å². The van der Waals surface area contributed by atoms with E-state index in [0.29, 0.717) is 19.8 Å². The summed E-state index contributed by atoms with van der Waals surface area (Å²) in [6, 6.07) is 0. The molecule has 0 heterocycles. The Bertz CT molecular complexity index is 118. The highest BCUT2D eigenvalue weighted by Gasteiger charge is 2.33. The van der Waals surface area contributed by atoms with E-state index in [2.05, 4.69) is 12.6 Å². The van der Waals surface area contributed by atoms with Crippen molar-refractivity contribution in [2.45, 2.75) is 26.8 Å². The third kappa shape index (κ3) is 6.51. The molecule has 80 valence electrons. The summed E-state index contributed by atoms with van der Waals surface area (Å²) < 4.78 is 16.6. The van der Waals surface area contributed by atoms with Gasteiger partial charge in [0.15, 0.2) is 0 Å². The first-order chi connectivity index (χ1) is 6.18. The summed E-state index contributed by atoms with van der Waals surface area (Å²) in [7, 11) is -2.32. The lowest BCUT2D eigenvalue weighted by molar-refractivity contribution is 0.0742. The van der Waals surface area contributed by atoms with Crippen molar-refractivity contribution in [1.82, 2.24) is 0 Å². The SMILES string of the molecule is CCO[Si](C)(OCC)OCCCS. The van der Waals surface area contributed by atoms with E-state index in [-0.39, 0.29) is 0 Å². The highest BCUT2D eigenvalue weighted by molar-refractivity contribution is 7.80. The predicted molar refractivity (Wildman–Crippen MR) is 59.3 cm³/mol. The Hall–Kier alpha value is 0.447. The average Bonchev–Trinajstić information content (AvgIpc) is 2.05.